The average molecular weight is 496 g/mol. The fourth-order valence-electron chi connectivity index (χ4n) is 2.80. The number of amides is 1. The van der Waals surface area contributed by atoms with Crippen molar-refractivity contribution >= 4 is 65.7 Å². The molecule has 0 aliphatic rings. The Labute approximate surface area is 199 Å². The first-order valence-electron chi connectivity index (χ1n) is 9.89. The minimum absolute atomic E-state index is 0.0260. The van der Waals surface area contributed by atoms with Crippen LogP contribution in [-0.4, -0.2) is 19.2 Å². The topological polar surface area (TPSA) is 51.2 Å². The molecule has 0 bridgehead atoms. The van der Waals surface area contributed by atoms with Crippen molar-refractivity contribution in [1.29, 1.82) is 0 Å². The van der Waals surface area contributed by atoms with Crippen LogP contribution in [-0.2, 0) is 11.0 Å². The first-order valence-corrected chi connectivity index (χ1v) is 13.9. The molecule has 0 unspecified atom stereocenters. The van der Waals surface area contributed by atoms with Crippen LogP contribution < -0.4 is 5.32 Å². The van der Waals surface area contributed by atoms with E-state index < -0.39 is 14.2 Å². The van der Waals surface area contributed by atoms with Gasteiger partial charge in [0.15, 0.2) is 8.32 Å². The Morgan fingerprint density at radius 2 is 1.65 bits per heavy atom. The Kier molecular flexibility index (Phi) is 7.04. The van der Waals surface area contributed by atoms with Crippen LogP contribution in [0.4, 0.5) is 5.82 Å². The number of benzene rings is 2. The molecule has 0 atom stereocenters. The summed E-state index contributed by atoms with van der Waals surface area (Å²) >= 11 is 19.2. The third-order valence-corrected chi connectivity index (χ3v) is 11.3. The van der Waals surface area contributed by atoms with Crippen LogP contribution in [0.1, 0.15) is 36.7 Å². The van der Waals surface area contributed by atoms with Crippen molar-refractivity contribution in [2.45, 2.75) is 45.5 Å². The van der Waals surface area contributed by atoms with Gasteiger partial charge in [0.1, 0.15) is 5.82 Å². The molecule has 0 spiro atoms. The van der Waals surface area contributed by atoms with E-state index in [0.717, 1.165) is 5.39 Å². The molecule has 164 valence electrons. The molecule has 0 saturated carbocycles. The third kappa shape index (κ3) is 5.07. The highest BCUT2D eigenvalue weighted by Gasteiger charge is 2.37. The van der Waals surface area contributed by atoms with E-state index in [1.165, 1.54) is 0 Å². The van der Waals surface area contributed by atoms with Gasteiger partial charge >= 0.3 is 0 Å². The zero-order valence-electron chi connectivity index (χ0n) is 18.1. The van der Waals surface area contributed by atoms with Crippen molar-refractivity contribution < 1.29 is 9.22 Å². The Bertz CT molecular complexity index is 1120. The Morgan fingerprint density at radius 3 is 2.26 bits per heavy atom. The van der Waals surface area contributed by atoms with Gasteiger partial charge in [0.05, 0.1) is 32.8 Å². The van der Waals surface area contributed by atoms with Crippen LogP contribution in [0.5, 0.6) is 0 Å². The molecular formula is C23H25Cl3N2O2Si. The molecule has 1 heterocycles. The fourth-order valence-corrected chi connectivity index (χ4v) is 4.61. The molecule has 1 aromatic heterocycles. The Hall–Kier alpha value is -1.63. The number of nitrogens with zero attached hydrogens (tertiary/aromatic N) is 1. The highest BCUT2D eigenvalue weighted by atomic mass is 35.5. The van der Waals surface area contributed by atoms with Gasteiger partial charge < -0.3 is 9.74 Å². The summed E-state index contributed by atoms with van der Waals surface area (Å²) < 4.78 is 6.40. The Morgan fingerprint density at radius 1 is 1.03 bits per heavy atom. The average Bonchev–Trinajstić information content (AvgIpc) is 2.66. The predicted octanol–water partition coefficient (Wildman–Crippen LogP) is 7.97. The van der Waals surface area contributed by atoms with E-state index in [1.807, 2.05) is 24.3 Å². The van der Waals surface area contributed by atoms with Crippen molar-refractivity contribution in [3.05, 3.63) is 68.7 Å². The van der Waals surface area contributed by atoms with Crippen molar-refractivity contribution in [2.24, 2.45) is 0 Å². The number of carbonyl (C=O) groups excluding carboxylic acids is 1. The molecule has 2 aromatic carbocycles. The predicted molar refractivity (Wildman–Crippen MR) is 133 cm³/mol. The number of hydrogen-bond acceptors (Lipinski definition) is 3. The van der Waals surface area contributed by atoms with Crippen molar-refractivity contribution in [2.75, 3.05) is 5.32 Å². The second kappa shape index (κ2) is 9.08. The Balaban J connectivity index is 2.05. The molecule has 8 heteroatoms. The summed E-state index contributed by atoms with van der Waals surface area (Å²) in [4.78, 5) is 17.7. The molecule has 31 heavy (non-hydrogen) atoms. The zero-order valence-corrected chi connectivity index (χ0v) is 21.4. The second-order valence-corrected chi connectivity index (χ2v) is 14.9. The van der Waals surface area contributed by atoms with Gasteiger partial charge in [-0.3, -0.25) is 4.79 Å². The number of aromatic nitrogens is 1. The number of rotatable bonds is 5. The maximum Gasteiger partial charge on any atom is 0.259 e. The van der Waals surface area contributed by atoms with Crippen LogP contribution >= 0.6 is 34.8 Å². The largest absolute Gasteiger partial charge is 0.412 e. The number of halogens is 3. The lowest BCUT2D eigenvalue weighted by Gasteiger charge is -2.36. The van der Waals surface area contributed by atoms with Gasteiger partial charge in [0.25, 0.3) is 5.91 Å². The molecule has 0 aliphatic carbocycles. The van der Waals surface area contributed by atoms with Gasteiger partial charge in [-0.1, -0.05) is 79.8 Å². The molecule has 0 fully saturated rings. The zero-order chi connectivity index (χ0) is 23.0. The van der Waals surface area contributed by atoms with E-state index in [0.29, 0.717) is 21.9 Å². The lowest BCUT2D eigenvalue weighted by Crippen LogP contribution is -2.40. The smallest absolute Gasteiger partial charge is 0.259 e. The van der Waals surface area contributed by atoms with Crippen molar-refractivity contribution in [1.82, 2.24) is 4.98 Å². The summed E-state index contributed by atoms with van der Waals surface area (Å²) in [7, 11) is -2.06. The van der Waals surface area contributed by atoms with Crippen LogP contribution in [0.3, 0.4) is 0 Å². The number of fused-ring (bicyclic) bond motifs is 1. The van der Waals surface area contributed by atoms with Gasteiger partial charge in [-0.15, -0.1) is 0 Å². The standard InChI is InChI=1S/C23H25Cl3N2O2Si/c1-23(2,3)31(4,5)30-13-15-20(26)14-9-6-7-12-18(14)27-21(15)28-22(29)19-16(24)10-8-11-17(19)25/h6-12H,13H2,1-5H3,(H,27,28,29). The lowest BCUT2D eigenvalue weighted by atomic mass is 10.1. The number of pyridine rings is 1. The minimum atomic E-state index is -2.06. The van der Waals surface area contributed by atoms with Gasteiger partial charge in [-0.05, 0) is 36.3 Å². The van der Waals surface area contributed by atoms with E-state index in [4.69, 9.17) is 39.2 Å². The summed E-state index contributed by atoms with van der Waals surface area (Å²) in [6.45, 7) is 11.1. The number of nitrogens with one attached hydrogen (secondary N) is 1. The number of carbonyl (C=O) groups is 1. The van der Waals surface area contributed by atoms with Gasteiger partial charge in [0.2, 0.25) is 0 Å². The highest BCUT2D eigenvalue weighted by molar-refractivity contribution is 6.74. The number of para-hydroxylation sites is 1. The number of anilines is 1. The summed E-state index contributed by atoms with van der Waals surface area (Å²) in [6.07, 6.45) is 0. The molecule has 3 rings (SSSR count). The first-order chi connectivity index (χ1) is 14.4. The van der Waals surface area contributed by atoms with Gasteiger partial charge in [0, 0.05) is 10.9 Å². The number of hydrogen-bond donors (Lipinski definition) is 1. The molecule has 0 radical (unpaired) electrons. The van der Waals surface area contributed by atoms with Crippen LogP contribution in [0, 0.1) is 0 Å². The second-order valence-electron chi connectivity index (χ2n) is 8.87. The first kappa shape index (κ1) is 24.0. The van der Waals surface area contributed by atoms with E-state index in [9.17, 15) is 4.79 Å². The maximum absolute atomic E-state index is 13.0. The third-order valence-electron chi connectivity index (χ3n) is 5.73. The molecule has 1 amide bonds. The van der Waals surface area contributed by atoms with E-state index >= 15 is 0 Å². The molecular weight excluding hydrogens is 471 g/mol. The van der Waals surface area contributed by atoms with Crippen LogP contribution in [0.15, 0.2) is 42.5 Å². The molecule has 1 N–H and O–H groups in total. The quantitative estimate of drug-likeness (QED) is 0.365. The molecule has 0 saturated heterocycles. The monoisotopic (exact) mass is 494 g/mol. The van der Waals surface area contributed by atoms with Crippen LogP contribution in [0.25, 0.3) is 10.9 Å². The maximum atomic E-state index is 13.0. The molecule has 4 nitrogen and oxygen atoms in total. The van der Waals surface area contributed by atoms with Crippen molar-refractivity contribution in [3.63, 3.8) is 0 Å². The summed E-state index contributed by atoms with van der Waals surface area (Å²) in [5, 5.41) is 4.70. The summed E-state index contributed by atoms with van der Waals surface area (Å²) in [5.74, 6) is -0.119. The minimum Gasteiger partial charge on any atom is -0.412 e. The summed E-state index contributed by atoms with van der Waals surface area (Å²) in [6, 6.07) is 12.4. The SMILES string of the molecule is CC(C)(C)[Si](C)(C)OCc1c(NC(=O)c2c(Cl)cccc2Cl)nc2ccccc2c1Cl. The van der Waals surface area contributed by atoms with E-state index in [2.05, 4.69) is 44.2 Å². The van der Waals surface area contributed by atoms with Crippen LogP contribution in [0.2, 0.25) is 33.2 Å². The normalized spacial score (nSPS) is 12.3. The fraction of sp³-hybridized carbons (Fsp3) is 0.304. The van der Waals surface area contributed by atoms with Gasteiger partial charge in [-0.2, -0.15) is 0 Å². The van der Waals surface area contributed by atoms with Gasteiger partial charge in [-0.25, -0.2) is 4.98 Å². The van der Waals surface area contributed by atoms with E-state index in [1.54, 1.807) is 18.2 Å². The molecule has 0 aliphatic heterocycles. The highest BCUT2D eigenvalue weighted by Crippen LogP contribution is 2.39. The van der Waals surface area contributed by atoms with Crippen molar-refractivity contribution in [3.8, 4) is 0 Å². The summed E-state index contributed by atoms with van der Waals surface area (Å²) in [5.41, 5.74) is 1.49. The van der Waals surface area contributed by atoms with E-state index in [-0.39, 0.29) is 27.3 Å². The lowest BCUT2D eigenvalue weighted by molar-refractivity contribution is 0.102. The molecule has 3 aromatic rings.